The Balaban J connectivity index is 1.88. The molecule has 0 saturated carbocycles. The molecular formula is C30H28BrN3O5S. The van der Waals surface area contributed by atoms with Gasteiger partial charge in [-0.3, -0.25) is 14.2 Å². The summed E-state index contributed by atoms with van der Waals surface area (Å²) >= 11 is 4.69. The molecule has 3 aromatic rings. The van der Waals surface area contributed by atoms with E-state index in [1.54, 1.807) is 31.1 Å². The third kappa shape index (κ3) is 4.54. The van der Waals surface area contributed by atoms with Crippen molar-refractivity contribution in [3.8, 4) is 5.75 Å². The molecule has 0 N–H and O–H groups in total. The molecule has 10 heteroatoms. The monoisotopic (exact) mass is 621 g/mol. The number of esters is 1. The number of hydrogen-bond acceptors (Lipinski definition) is 7. The molecular weight excluding hydrogens is 594 g/mol. The van der Waals surface area contributed by atoms with Crippen LogP contribution in [-0.4, -0.2) is 36.7 Å². The standard InChI is InChI=1S/C30H28BrN3O5S/c1-5-10-20-24(29(37)39-7-3)25(19-16-17(31)13-14-22(19)38-4)34-28(36)26(40-30(34)32-20)23-18-11-8-9-12-21(18)33(15-6-2)27(23)35/h6,8-9,11-14,16,25H,2,5,7,10,15H2,1,3-4H3/b26-23-/t25-/m1/s1. The Hall–Kier alpha value is -3.76. The minimum atomic E-state index is -0.866. The van der Waals surface area contributed by atoms with Crippen LogP contribution in [0.4, 0.5) is 5.69 Å². The molecule has 2 aliphatic heterocycles. The van der Waals surface area contributed by atoms with Crippen LogP contribution in [-0.2, 0) is 14.3 Å². The number of rotatable bonds is 8. The van der Waals surface area contributed by atoms with Crippen LogP contribution in [0.1, 0.15) is 43.9 Å². The van der Waals surface area contributed by atoms with Gasteiger partial charge in [-0.1, -0.05) is 64.9 Å². The van der Waals surface area contributed by atoms with E-state index in [-0.39, 0.29) is 22.6 Å². The van der Waals surface area contributed by atoms with Crippen LogP contribution in [0.15, 0.2) is 80.6 Å². The average molecular weight is 623 g/mol. The van der Waals surface area contributed by atoms with E-state index >= 15 is 0 Å². The number of halogens is 1. The van der Waals surface area contributed by atoms with Crippen molar-refractivity contribution in [3.63, 3.8) is 0 Å². The number of ether oxygens (including phenoxy) is 2. The quantitative estimate of drug-likeness (QED) is 0.277. The molecule has 5 rings (SSSR count). The van der Waals surface area contributed by atoms with E-state index in [9.17, 15) is 14.4 Å². The van der Waals surface area contributed by atoms with Crippen molar-refractivity contribution in [1.82, 2.24) is 4.57 Å². The van der Waals surface area contributed by atoms with Gasteiger partial charge in [0.2, 0.25) is 0 Å². The molecule has 1 aromatic heterocycles. The molecule has 40 heavy (non-hydrogen) atoms. The molecule has 206 valence electrons. The van der Waals surface area contributed by atoms with Crippen LogP contribution < -0.4 is 24.5 Å². The van der Waals surface area contributed by atoms with Crippen molar-refractivity contribution in [1.29, 1.82) is 0 Å². The first-order valence-corrected chi connectivity index (χ1v) is 14.6. The Kier molecular flexibility index (Phi) is 7.91. The first-order chi connectivity index (χ1) is 19.4. The molecule has 8 nitrogen and oxygen atoms in total. The summed E-state index contributed by atoms with van der Waals surface area (Å²) in [5, 5.41) is 0. The van der Waals surface area contributed by atoms with E-state index in [1.165, 1.54) is 4.57 Å². The van der Waals surface area contributed by atoms with Gasteiger partial charge < -0.3 is 14.4 Å². The summed E-state index contributed by atoms with van der Waals surface area (Å²) in [6, 6.07) is 12.0. The summed E-state index contributed by atoms with van der Waals surface area (Å²) in [7, 11) is 1.54. The smallest absolute Gasteiger partial charge is 0.338 e. The van der Waals surface area contributed by atoms with Crippen LogP contribution in [0.5, 0.6) is 5.75 Å². The zero-order chi connectivity index (χ0) is 28.6. The number of hydrogen-bond donors (Lipinski definition) is 0. The van der Waals surface area contributed by atoms with E-state index < -0.39 is 17.6 Å². The number of anilines is 1. The van der Waals surface area contributed by atoms with Crippen LogP contribution in [0.3, 0.4) is 0 Å². The number of nitrogens with zero attached hydrogens (tertiary/aromatic N) is 3. The average Bonchev–Trinajstić information content (AvgIpc) is 3.41. The highest BCUT2D eigenvalue weighted by Gasteiger charge is 2.38. The second-order valence-electron chi connectivity index (χ2n) is 9.22. The zero-order valence-electron chi connectivity index (χ0n) is 22.4. The second-order valence-corrected chi connectivity index (χ2v) is 11.1. The Morgan fingerprint density at radius 3 is 2.67 bits per heavy atom. The maximum Gasteiger partial charge on any atom is 0.338 e. The third-order valence-corrected chi connectivity index (χ3v) is 8.36. The van der Waals surface area contributed by atoms with Gasteiger partial charge in [-0.2, -0.15) is 0 Å². The van der Waals surface area contributed by atoms with Crippen molar-refractivity contribution < 1.29 is 19.1 Å². The third-order valence-electron chi connectivity index (χ3n) is 6.82. The normalized spacial score (nSPS) is 17.4. The molecule has 0 unspecified atom stereocenters. The fraction of sp³-hybridized carbons (Fsp3) is 0.267. The summed E-state index contributed by atoms with van der Waals surface area (Å²) in [5.41, 5.74) is 2.75. The van der Waals surface area contributed by atoms with Crippen molar-refractivity contribution in [3.05, 3.63) is 102 Å². The first-order valence-electron chi connectivity index (χ1n) is 13.0. The van der Waals surface area contributed by atoms with Gasteiger partial charge in [-0.15, -0.1) is 6.58 Å². The van der Waals surface area contributed by atoms with Gasteiger partial charge >= 0.3 is 5.97 Å². The van der Waals surface area contributed by atoms with E-state index in [1.807, 2.05) is 43.3 Å². The van der Waals surface area contributed by atoms with Crippen molar-refractivity contribution in [2.24, 2.45) is 4.99 Å². The lowest BCUT2D eigenvalue weighted by atomic mass is 9.93. The van der Waals surface area contributed by atoms with E-state index in [0.717, 1.165) is 27.9 Å². The van der Waals surface area contributed by atoms with Gasteiger partial charge in [-0.05, 0) is 37.6 Å². The highest BCUT2D eigenvalue weighted by molar-refractivity contribution is 9.10. The highest BCUT2D eigenvalue weighted by Crippen LogP contribution is 2.39. The van der Waals surface area contributed by atoms with E-state index in [4.69, 9.17) is 14.5 Å². The SMILES string of the molecule is C=CCN1C(=O)/C(=c2\sc3n(c2=O)[C@H](c2cc(Br)ccc2OC)C(C(=O)OCC)=C(CCC)N=3)c2ccccc21. The Morgan fingerprint density at radius 2 is 1.98 bits per heavy atom. The number of thiazole rings is 1. The molecule has 0 spiro atoms. The fourth-order valence-corrected chi connectivity index (χ4v) is 6.68. The minimum Gasteiger partial charge on any atom is -0.496 e. The van der Waals surface area contributed by atoms with Crippen LogP contribution in [0, 0.1) is 0 Å². The highest BCUT2D eigenvalue weighted by atomic mass is 79.9. The molecule has 1 amide bonds. The Labute approximate surface area is 243 Å². The van der Waals surface area contributed by atoms with Crippen LogP contribution in [0.2, 0.25) is 0 Å². The number of methoxy groups -OCH3 is 1. The Bertz CT molecular complexity index is 1750. The van der Waals surface area contributed by atoms with Gasteiger partial charge in [0, 0.05) is 22.1 Å². The predicted octanol–water partition coefficient (Wildman–Crippen LogP) is 4.25. The van der Waals surface area contributed by atoms with Crippen molar-refractivity contribution in [2.75, 3.05) is 25.2 Å². The van der Waals surface area contributed by atoms with Crippen LogP contribution in [0.25, 0.3) is 5.57 Å². The van der Waals surface area contributed by atoms with Crippen molar-refractivity contribution in [2.45, 2.75) is 32.7 Å². The number of carbonyl (C=O) groups excluding carboxylic acids is 2. The lowest BCUT2D eigenvalue weighted by Gasteiger charge is -2.27. The maximum atomic E-state index is 14.4. The molecule has 0 fully saturated rings. The van der Waals surface area contributed by atoms with Crippen LogP contribution >= 0.6 is 27.3 Å². The van der Waals surface area contributed by atoms with Gasteiger partial charge in [-0.25, -0.2) is 9.79 Å². The fourth-order valence-electron chi connectivity index (χ4n) is 5.19. The predicted molar refractivity (Wildman–Crippen MR) is 158 cm³/mol. The lowest BCUT2D eigenvalue weighted by molar-refractivity contribution is -0.139. The number of para-hydroxylation sites is 1. The largest absolute Gasteiger partial charge is 0.496 e. The van der Waals surface area contributed by atoms with Gasteiger partial charge in [0.05, 0.1) is 36.2 Å². The molecule has 0 saturated heterocycles. The number of benzene rings is 2. The summed E-state index contributed by atoms with van der Waals surface area (Å²) < 4.78 is 13.7. The van der Waals surface area contributed by atoms with Gasteiger partial charge in [0.15, 0.2) is 4.80 Å². The van der Waals surface area contributed by atoms with E-state index in [0.29, 0.717) is 45.9 Å². The minimum absolute atomic E-state index is 0.170. The number of carbonyl (C=O) groups is 2. The zero-order valence-corrected chi connectivity index (χ0v) is 24.8. The number of fused-ring (bicyclic) bond motifs is 2. The number of amides is 1. The molecule has 0 aliphatic carbocycles. The summed E-state index contributed by atoms with van der Waals surface area (Å²) in [5.74, 6) is -0.314. The topological polar surface area (TPSA) is 90.2 Å². The van der Waals surface area contributed by atoms with Gasteiger partial charge in [0.25, 0.3) is 11.5 Å². The summed E-state index contributed by atoms with van der Waals surface area (Å²) in [4.78, 5) is 48.4. The molecule has 3 heterocycles. The number of allylic oxidation sites excluding steroid dienone is 1. The Morgan fingerprint density at radius 1 is 1.20 bits per heavy atom. The molecule has 2 aromatic carbocycles. The second kappa shape index (κ2) is 11.4. The summed E-state index contributed by atoms with van der Waals surface area (Å²) in [6.45, 7) is 8.00. The first kappa shape index (κ1) is 27.8. The maximum absolute atomic E-state index is 14.4. The molecule has 0 bridgehead atoms. The van der Waals surface area contributed by atoms with E-state index in [2.05, 4.69) is 22.5 Å². The summed E-state index contributed by atoms with van der Waals surface area (Å²) in [6.07, 6.45) is 2.89. The number of aromatic nitrogens is 1. The molecule has 0 radical (unpaired) electrons. The molecule has 1 atom stereocenters. The van der Waals surface area contributed by atoms with Crippen molar-refractivity contribution >= 4 is 50.4 Å². The molecule has 2 aliphatic rings. The lowest BCUT2D eigenvalue weighted by Crippen LogP contribution is -2.41. The van der Waals surface area contributed by atoms with Gasteiger partial charge in [0.1, 0.15) is 16.3 Å².